The number of hydrogen-bond acceptors (Lipinski definition) is 0. The van der Waals surface area contributed by atoms with Crippen LogP contribution in [-0.2, 0) is 0 Å². The number of benzene rings is 1. The fourth-order valence-corrected chi connectivity index (χ4v) is 3.30. The minimum Gasteiger partial charge on any atom is -0.0808 e. The van der Waals surface area contributed by atoms with Crippen LogP contribution < -0.4 is 10.4 Å². The van der Waals surface area contributed by atoms with Gasteiger partial charge in [0.05, 0.1) is 0 Å². The molecule has 2 unspecified atom stereocenters. The summed E-state index contributed by atoms with van der Waals surface area (Å²) in [6, 6.07) is 8.79. The summed E-state index contributed by atoms with van der Waals surface area (Å²) < 4.78 is 0. The largest absolute Gasteiger partial charge is 0.0808 e. The van der Waals surface area contributed by atoms with E-state index < -0.39 is 0 Å². The summed E-state index contributed by atoms with van der Waals surface area (Å²) in [4.78, 5) is 0. The van der Waals surface area contributed by atoms with Crippen LogP contribution in [0, 0.1) is 11.8 Å². The predicted octanol–water partition coefficient (Wildman–Crippen LogP) is 6.11. The molecule has 0 aromatic heterocycles. The molecule has 0 aliphatic heterocycles. The minimum absolute atomic E-state index is 0. The van der Waals surface area contributed by atoms with Crippen molar-refractivity contribution in [1.29, 1.82) is 0 Å². The molecule has 0 saturated heterocycles. The molecule has 2 atom stereocenters. The van der Waals surface area contributed by atoms with Gasteiger partial charge in [-0.05, 0) is 41.3 Å². The molecule has 1 aromatic rings. The quantitative estimate of drug-likeness (QED) is 0.541. The van der Waals surface area contributed by atoms with Crippen molar-refractivity contribution in [2.75, 3.05) is 0 Å². The molecule has 2 aliphatic rings. The smallest absolute Gasteiger partial charge is 0.0118 e. The van der Waals surface area contributed by atoms with Crippen molar-refractivity contribution in [1.82, 2.24) is 0 Å². The lowest BCUT2D eigenvalue weighted by atomic mass is 9.72. The van der Waals surface area contributed by atoms with Crippen LogP contribution in [0.1, 0.15) is 63.3 Å². The molecule has 0 amide bonds. The fraction of sp³-hybridized carbons (Fsp3) is 0.478. The lowest BCUT2D eigenvalue weighted by Gasteiger charge is -2.32. The Morgan fingerprint density at radius 2 is 1.35 bits per heavy atom. The van der Waals surface area contributed by atoms with Crippen molar-refractivity contribution in [3.8, 4) is 0 Å². The molecule has 0 N–H and O–H groups in total. The first kappa shape index (κ1) is 23.7. The second-order valence-electron chi connectivity index (χ2n) is 5.20. The SMILES string of the molecule is C.C.CC.CC.CC1=c2ccccc2=C(C)C2C1=CC=CC2C. The van der Waals surface area contributed by atoms with Gasteiger partial charge in [-0.2, -0.15) is 0 Å². The van der Waals surface area contributed by atoms with Gasteiger partial charge in [-0.25, -0.2) is 0 Å². The van der Waals surface area contributed by atoms with E-state index in [1.54, 1.807) is 0 Å². The van der Waals surface area contributed by atoms with E-state index in [1.165, 1.54) is 27.2 Å². The van der Waals surface area contributed by atoms with Crippen LogP contribution in [0.3, 0.4) is 0 Å². The number of allylic oxidation sites excluding steroid dienone is 4. The number of rotatable bonds is 0. The van der Waals surface area contributed by atoms with E-state index >= 15 is 0 Å². The van der Waals surface area contributed by atoms with Gasteiger partial charge in [-0.1, -0.05) is 97.5 Å². The summed E-state index contributed by atoms with van der Waals surface area (Å²) in [5, 5.41) is 2.85. The zero-order chi connectivity index (χ0) is 16.0. The summed E-state index contributed by atoms with van der Waals surface area (Å²) in [6.07, 6.45) is 6.82. The number of hydrogen-bond donors (Lipinski definition) is 0. The van der Waals surface area contributed by atoms with Gasteiger partial charge in [0.2, 0.25) is 0 Å². The summed E-state index contributed by atoms with van der Waals surface area (Å²) in [7, 11) is 0. The Hall–Kier alpha value is -1.56. The monoisotopic (exact) mass is 314 g/mol. The fourth-order valence-electron chi connectivity index (χ4n) is 3.30. The van der Waals surface area contributed by atoms with Crippen LogP contribution in [0.5, 0.6) is 0 Å². The van der Waals surface area contributed by atoms with E-state index in [0.717, 1.165) is 0 Å². The molecule has 0 heterocycles. The third-order valence-electron chi connectivity index (χ3n) is 4.21. The molecular formula is C23H38. The average Bonchev–Trinajstić information content (AvgIpc) is 2.56. The van der Waals surface area contributed by atoms with Crippen molar-refractivity contribution in [2.45, 2.75) is 63.3 Å². The van der Waals surface area contributed by atoms with Gasteiger partial charge < -0.3 is 0 Å². The van der Waals surface area contributed by atoms with Crippen LogP contribution in [-0.4, -0.2) is 0 Å². The van der Waals surface area contributed by atoms with Crippen molar-refractivity contribution in [2.24, 2.45) is 11.8 Å². The first-order chi connectivity index (χ1) is 10.2. The summed E-state index contributed by atoms with van der Waals surface area (Å²) >= 11 is 0. The van der Waals surface area contributed by atoms with E-state index in [1.807, 2.05) is 27.7 Å². The van der Waals surface area contributed by atoms with Gasteiger partial charge in [0.1, 0.15) is 0 Å². The van der Waals surface area contributed by atoms with Crippen LogP contribution in [0.25, 0.3) is 11.1 Å². The standard InChI is InChI=1S/C17H18.2C2H6.2CH4/c1-11-7-6-10-16-12(2)14-8-4-5-9-15(14)13(3)17(11)16;2*1-2;;/h4-11,17H,1-3H3;2*1-2H3;2*1H4. The maximum atomic E-state index is 2.32. The topological polar surface area (TPSA) is 0 Å². The van der Waals surface area contributed by atoms with E-state index in [9.17, 15) is 0 Å². The maximum absolute atomic E-state index is 2.32. The zero-order valence-electron chi connectivity index (χ0n) is 14.7. The van der Waals surface area contributed by atoms with Crippen molar-refractivity contribution in [3.63, 3.8) is 0 Å². The third kappa shape index (κ3) is 4.47. The Kier molecular flexibility index (Phi) is 11.4. The van der Waals surface area contributed by atoms with Crippen LogP contribution >= 0.6 is 0 Å². The van der Waals surface area contributed by atoms with Crippen molar-refractivity contribution >= 4 is 11.1 Å². The minimum atomic E-state index is 0. The second kappa shape index (κ2) is 11.0. The summed E-state index contributed by atoms with van der Waals surface area (Å²) in [6.45, 7) is 14.9. The van der Waals surface area contributed by atoms with Gasteiger partial charge in [0.15, 0.2) is 0 Å². The lowest BCUT2D eigenvalue weighted by Crippen LogP contribution is -2.37. The molecule has 0 bridgehead atoms. The molecule has 23 heavy (non-hydrogen) atoms. The van der Waals surface area contributed by atoms with Crippen LogP contribution in [0.15, 0.2) is 48.1 Å². The highest BCUT2D eigenvalue weighted by atomic mass is 14.3. The molecule has 1 aromatic carbocycles. The van der Waals surface area contributed by atoms with E-state index in [2.05, 4.69) is 63.3 Å². The molecular weight excluding hydrogens is 276 g/mol. The van der Waals surface area contributed by atoms with Gasteiger partial charge in [0.25, 0.3) is 0 Å². The van der Waals surface area contributed by atoms with Gasteiger partial charge >= 0.3 is 0 Å². The lowest BCUT2D eigenvalue weighted by molar-refractivity contribution is 0.593. The van der Waals surface area contributed by atoms with Gasteiger partial charge in [0, 0.05) is 5.92 Å². The third-order valence-corrected chi connectivity index (χ3v) is 4.21. The highest BCUT2D eigenvalue weighted by Gasteiger charge is 2.27. The molecule has 0 saturated carbocycles. The van der Waals surface area contributed by atoms with E-state index in [0.29, 0.717) is 11.8 Å². The van der Waals surface area contributed by atoms with Crippen molar-refractivity contribution < 1.29 is 0 Å². The Labute approximate surface area is 145 Å². The Balaban J connectivity index is 0. The first-order valence-corrected chi connectivity index (χ1v) is 8.35. The molecule has 130 valence electrons. The average molecular weight is 315 g/mol. The molecule has 0 radical (unpaired) electrons. The highest BCUT2D eigenvalue weighted by Crippen LogP contribution is 2.37. The Morgan fingerprint density at radius 1 is 0.826 bits per heavy atom. The normalized spacial score (nSPS) is 20.0. The summed E-state index contributed by atoms with van der Waals surface area (Å²) in [5.41, 5.74) is 4.48. The second-order valence-corrected chi connectivity index (χ2v) is 5.20. The Bertz CT molecular complexity index is 641. The van der Waals surface area contributed by atoms with Gasteiger partial charge in [-0.15, -0.1) is 0 Å². The molecule has 0 fully saturated rings. The van der Waals surface area contributed by atoms with Crippen LogP contribution in [0.4, 0.5) is 0 Å². The molecule has 0 nitrogen and oxygen atoms in total. The molecule has 3 rings (SSSR count). The zero-order valence-corrected chi connectivity index (χ0v) is 14.7. The van der Waals surface area contributed by atoms with Gasteiger partial charge in [-0.3, -0.25) is 0 Å². The summed E-state index contributed by atoms with van der Waals surface area (Å²) in [5.74, 6) is 1.19. The molecule has 0 heteroatoms. The highest BCUT2D eigenvalue weighted by molar-refractivity contribution is 5.74. The van der Waals surface area contributed by atoms with E-state index in [4.69, 9.17) is 0 Å². The van der Waals surface area contributed by atoms with Crippen molar-refractivity contribution in [3.05, 3.63) is 58.5 Å². The first-order valence-electron chi connectivity index (χ1n) is 8.35. The van der Waals surface area contributed by atoms with Crippen LogP contribution in [0.2, 0.25) is 0 Å². The maximum Gasteiger partial charge on any atom is 0.0118 e. The number of fused-ring (bicyclic) bond motifs is 2. The predicted molar refractivity (Wildman–Crippen MR) is 110 cm³/mol. The molecule has 2 aliphatic carbocycles. The molecule has 0 spiro atoms. The Morgan fingerprint density at radius 3 is 1.91 bits per heavy atom. The van der Waals surface area contributed by atoms with E-state index in [-0.39, 0.29) is 14.9 Å².